The lowest BCUT2D eigenvalue weighted by atomic mass is 9.89. The van der Waals surface area contributed by atoms with Gasteiger partial charge in [0.25, 0.3) is 0 Å². The van der Waals surface area contributed by atoms with Crippen molar-refractivity contribution in [2.45, 2.75) is 27.7 Å². The zero-order valence-corrected chi connectivity index (χ0v) is 9.18. The van der Waals surface area contributed by atoms with Gasteiger partial charge in [-0.3, -0.25) is 9.59 Å². The van der Waals surface area contributed by atoms with Crippen LogP contribution in [0, 0.1) is 5.41 Å². The van der Waals surface area contributed by atoms with Crippen molar-refractivity contribution in [1.82, 2.24) is 0 Å². The van der Waals surface area contributed by atoms with Crippen molar-refractivity contribution in [3.63, 3.8) is 0 Å². The first kappa shape index (κ1) is 12.6. The largest absolute Gasteiger partial charge is 0.294 e. The Labute approximate surface area is 85.0 Å². The summed E-state index contributed by atoms with van der Waals surface area (Å²) in [6.07, 6.45) is 3.37. The number of hydrogen-bond donors (Lipinski definition) is 0. The third-order valence-electron chi connectivity index (χ3n) is 1.75. The molecule has 0 aliphatic carbocycles. The summed E-state index contributed by atoms with van der Waals surface area (Å²) in [7, 11) is 0. The lowest BCUT2D eigenvalue weighted by molar-refractivity contribution is -0.119. The summed E-state index contributed by atoms with van der Waals surface area (Å²) in [6.45, 7) is 10.0. The Kier molecular flexibility index (Phi) is 4.26. The summed E-state index contributed by atoms with van der Waals surface area (Å²) in [5.41, 5.74) is 2.52. The van der Waals surface area contributed by atoms with Crippen LogP contribution in [0.2, 0.25) is 0 Å². The number of rotatable bonds is 4. The first-order chi connectivity index (χ1) is 6.30. The number of hydrogen-bond acceptors (Lipinski definition) is 2. The minimum Gasteiger partial charge on any atom is -0.294 e. The maximum Gasteiger partial charge on any atom is 0.163 e. The predicted molar refractivity (Wildman–Crippen MR) is 56.9 cm³/mol. The average molecular weight is 192 g/mol. The second-order valence-electron chi connectivity index (χ2n) is 3.84. The Hall–Kier alpha value is -1.40. The molecular formula is C12H16O2. The lowest BCUT2D eigenvalue weighted by Crippen LogP contribution is -2.12. The standard InChI is InChI=1S/C12H16O2/c1-6-7-12(4,5)8-11(9(2)13)10(3)14/h7-8H,1H2,2-5H3. The molecule has 0 bridgehead atoms. The van der Waals surface area contributed by atoms with E-state index in [1.807, 2.05) is 13.8 Å². The molecule has 0 heterocycles. The average Bonchev–Trinajstić information content (AvgIpc) is 1.99. The minimum atomic E-state index is -0.367. The smallest absolute Gasteiger partial charge is 0.163 e. The summed E-state index contributed by atoms with van der Waals surface area (Å²) in [4.78, 5) is 22.3. The molecule has 0 aromatic heterocycles. The fourth-order valence-corrected chi connectivity index (χ4v) is 1.13. The van der Waals surface area contributed by atoms with Crippen LogP contribution >= 0.6 is 0 Å². The molecule has 0 rings (SSSR count). The maximum atomic E-state index is 11.1. The quantitative estimate of drug-likeness (QED) is 0.297. The fourth-order valence-electron chi connectivity index (χ4n) is 1.13. The molecule has 0 N–H and O–H groups in total. The maximum absolute atomic E-state index is 11.1. The van der Waals surface area contributed by atoms with E-state index in [2.05, 4.69) is 12.3 Å². The van der Waals surface area contributed by atoms with Gasteiger partial charge in [-0.1, -0.05) is 26.5 Å². The Morgan fingerprint density at radius 1 is 1.21 bits per heavy atom. The molecule has 0 unspecified atom stereocenters. The molecule has 0 aromatic carbocycles. The molecule has 0 radical (unpaired) electrons. The first-order valence-electron chi connectivity index (χ1n) is 4.42. The Balaban J connectivity index is 5.20. The van der Waals surface area contributed by atoms with Crippen molar-refractivity contribution in [3.8, 4) is 0 Å². The second kappa shape index (κ2) is 4.73. The van der Waals surface area contributed by atoms with Gasteiger partial charge in [-0.15, -0.1) is 5.73 Å². The molecule has 14 heavy (non-hydrogen) atoms. The van der Waals surface area contributed by atoms with Gasteiger partial charge in [0.1, 0.15) is 0 Å². The Morgan fingerprint density at radius 2 is 1.64 bits per heavy atom. The summed E-state index contributed by atoms with van der Waals surface area (Å²) in [6, 6.07) is 0. The lowest BCUT2D eigenvalue weighted by Gasteiger charge is -2.14. The van der Waals surface area contributed by atoms with Gasteiger partial charge in [0.2, 0.25) is 0 Å². The fraction of sp³-hybridized carbons (Fsp3) is 0.417. The highest BCUT2D eigenvalue weighted by molar-refractivity contribution is 6.18. The van der Waals surface area contributed by atoms with Crippen LogP contribution in [0.5, 0.6) is 0 Å². The molecule has 2 heteroatoms. The van der Waals surface area contributed by atoms with E-state index in [4.69, 9.17) is 0 Å². The third kappa shape index (κ3) is 4.01. The van der Waals surface area contributed by atoms with Crippen molar-refractivity contribution in [3.05, 3.63) is 30.0 Å². The summed E-state index contributed by atoms with van der Waals surface area (Å²) in [5, 5.41) is 0. The highest BCUT2D eigenvalue weighted by Crippen LogP contribution is 2.21. The minimum absolute atomic E-state index is 0.206. The van der Waals surface area contributed by atoms with E-state index in [9.17, 15) is 9.59 Å². The normalized spacial score (nSPS) is 10.0. The van der Waals surface area contributed by atoms with E-state index < -0.39 is 0 Å². The highest BCUT2D eigenvalue weighted by atomic mass is 16.1. The van der Waals surface area contributed by atoms with Gasteiger partial charge < -0.3 is 0 Å². The molecule has 0 aliphatic rings. The van der Waals surface area contributed by atoms with Crippen LogP contribution in [0.3, 0.4) is 0 Å². The molecule has 0 saturated carbocycles. The SMILES string of the molecule is C=C=CC(C)(C)C=C(C(C)=O)C(C)=O. The van der Waals surface area contributed by atoms with Crippen LogP contribution in [-0.4, -0.2) is 11.6 Å². The number of Topliss-reactive ketones (excluding diaryl/α,β-unsaturated/α-hetero) is 2. The molecule has 0 amide bonds. The topological polar surface area (TPSA) is 34.1 Å². The zero-order chi connectivity index (χ0) is 11.4. The summed E-state index contributed by atoms with van der Waals surface area (Å²) >= 11 is 0. The van der Waals surface area contributed by atoms with Gasteiger partial charge in [-0.05, 0) is 19.9 Å². The van der Waals surface area contributed by atoms with Crippen molar-refractivity contribution in [2.24, 2.45) is 5.41 Å². The van der Waals surface area contributed by atoms with Crippen LogP contribution in [0.1, 0.15) is 27.7 Å². The number of carbonyl (C=O) groups is 2. The number of carbonyl (C=O) groups excluding carboxylic acids is 2. The van der Waals surface area contributed by atoms with E-state index in [-0.39, 0.29) is 22.6 Å². The third-order valence-corrected chi connectivity index (χ3v) is 1.75. The van der Waals surface area contributed by atoms with Crippen molar-refractivity contribution < 1.29 is 9.59 Å². The number of allylic oxidation sites excluding steroid dienone is 3. The second-order valence-corrected chi connectivity index (χ2v) is 3.84. The molecule has 0 fully saturated rings. The Morgan fingerprint density at radius 3 is 1.93 bits per heavy atom. The zero-order valence-electron chi connectivity index (χ0n) is 9.18. The summed E-state index contributed by atoms with van der Waals surface area (Å²) in [5.74, 6) is -0.411. The van der Waals surface area contributed by atoms with Crippen molar-refractivity contribution >= 4 is 11.6 Å². The number of ketones is 2. The molecule has 2 nitrogen and oxygen atoms in total. The van der Waals surface area contributed by atoms with Crippen LogP contribution < -0.4 is 0 Å². The van der Waals surface area contributed by atoms with Gasteiger partial charge >= 0.3 is 0 Å². The first-order valence-corrected chi connectivity index (χ1v) is 4.42. The van der Waals surface area contributed by atoms with Crippen LogP contribution in [0.15, 0.2) is 30.0 Å². The van der Waals surface area contributed by atoms with Crippen LogP contribution in [0.25, 0.3) is 0 Å². The van der Waals surface area contributed by atoms with E-state index in [0.717, 1.165) is 0 Å². The molecule has 0 aromatic rings. The van der Waals surface area contributed by atoms with Crippen LogP contribution in [-0.2, 0) is 9.59 Å². The molecule has 0 atom stereocenters. The monoisotopic (exact) mass is 192 g/mol. The molecule has 76 valence electrons. The van der Waals surface area contributed by atoms with Crippen molar-refractivity contribution in [2.75, 3.05) is 0 Å². The van der Waals surface area contributed by atoms with E-state index in [1.165, 1.54) is 13.8 Å². The molecule has 0 aliphatic heterocycles. The predicted octanol–water partition coefficient (Wildman–Crippen LogP) is 2.46. The van der Waals surface area contributed by atoms with Gasteiger partial charge in [0.15, 0.2) is 11.6 Å². The highest BCUT2D eigenvalue weighted by Gasteiger charge is 2.16. The van der Waals surface area contributed by atoms with E-state index in [0.29, 0.717) is 0 Å². The van der Waals surface area contributed by atoms with Gasteiger partial charge in [-0.2, -0.15) is 0 Å². The van der Waals surface area contributed by atoms with Gasteiger partial charge in [0.05, 0.1) is 5.57 Å². The van der Waals surface area contributed by atoms with Crippen LogP contribution in [0.4, 0.5) is 0 Å². The van der Waals surface area contributed by atoms with Gasteiger partial charge in [-0.25, -0.2) is 0 Å². The summed E-state index contributed by atoms with van der Waals surface area (Å²) < 4.78 is 0. The molecule has 0 spiro atoms. The van der Waals surface area contributed by atoms with Gasteiger partial charge in [0, 0.05) is 5.41 Å². The Bertz CT molecular complexity index is 310. The van der Waals surface area contributed by atoms with E-state index >= 15 is 0 Å². The molecule has 0 saturated heterocycles. The molecular weight excluding hydrogens is 176 g/mol. The van der Waals surface area contributed by atoms with E-state index in [1.54, 1.807) is 12.2 Å². The van der Waals surface area contributed by atoms with Crippen molar-refractivity contribution in [1.29, 1.82) is 0 Å².